The highest BCUT2D eigenvalue weighted by Gasteiger charge is 2.45. The minimum absolute atomic E-state index is 1.13. The molecule has 0 spiro atoms. The third-order valence-electron chi connectivity index (χ3n) is 5.04. The molecule has 0 saturated heterocycles. The quantitative estimate of drug-likeness (QED) is 0.537. The molecule has 2 fully saturated rings. The van der Waals surface area contributed by atoms with Crippen molar-refractivity contribution >= 4 is 0 Å². The maximum Gasteiger partial charge on any atom is -0.0355 e. The molecule has 0 aromatic carbocycles. The molecule has 0 amide bonds. The maximum atomic E-state index is 2.37. The van der Waals surface area contributed by atoms with Gasteiger partial charge in [0.1, 0.15) is 0 Å². The van der Waals surface area contributed by atoms with E-state index in [1.54, 1.807) is 25.7 Å². The van der Waals surface area contributed by atoms with Crippen LogP contribution in [0.2, 0.25) is 0 Å². The van der Waals surface area contributed by atoms with E-state index in [1.165, 1.54) is 32.1 Å². The Morgan fingerprint density at radius 2 is 1.47 bits per heavy atom. The number of fused-ring (bicyclic) bond motifs is 2. The van der Waals surface area contributed by atoms with Crippen LogP contribution in [0, 0.1) is 23.7 Å². The molecule has 15 heavy (non-hydrogen) atoms. The van der Waals surface area contributed by atoms with Gasteiger partial charge in [-0.2, -0.15) is 0 Å². The van der Waals surface area contributed by atoms with Gasteiger partial charge in [-0.05, 0) is 49.4 Å². The van der Waals surface area contributed by atoms with E-state index in [0.29, 0.717) is 0 Å². The van der Waals surface area contributed by atoms with E-state index in [0.717, 1.165) is 23.7 Å². The van der Waals surface area contributed by atoms with Gasteiger partial charge in [0.25, 0.3) is 0 Å². The predicted octanol–water partition coefficient (Wildman–Crippen LogP) is 5.03. The van der Waals surface area contributed by atoms with Crippen molar-refractivity contribution < 1.29 is 0 Å². The molecule has 0 unspecified atom stereocenters. The Balaban J connectivity index is 1.84. The van der Waals surface area contributed by atoms with Gasteiger partial charge in [-0.1, -0.05) is 46.0 Å². The molecule has 0 N–H and O–H groups in total. The monoisotopic (exact) mass is 208 g/mol. The first-order valence-corrected chi connectivity index (χ1v) is 7.36. The molecule has 2 aliphatic rings. The summed E-state index contributed by atoms with van der Waals surface area (Å²) in [5.74, 6) is 4.55. The van der Waals surface area contributed by atoms with Gasteiger partial charge in [0.2, 0.25) is 0 Å². The fourth-order valence-corrected chi connectivity index (χ4v) is 4.39. The number of hydrogen-bond donors (Lipinski definition) is 0. The molecule has 0 aliphatic heterocycles. The largest absolute Gasteiger partial charge is 0.0654 e. The van der Waals surface area contributed by atoms with E-state index in [1.807, 2.05) is 0 Å². The maximum absolute atomic E-state index is 2.37. The first kappa shape index (κ1) is 11.5. The average Bonchev–Trinajstić information content (AvgIpc) is 2.81. The summed E-state index contributed by atoms with van der Waals surface area (Å²) >= 11 is 0. The van der Waals surface area contributed by atoms with Gasteiger partial charge in [-0.25, -0.2) is 0 Å². The second-order valence-electron chi connectivity index (χ2n) is 5.95. The van der Waals surface area contributed by atoms with E-state index < -0.39 is 0 Å². The molecule has 4 atom stereocenters. The van der Waals surface area contributed by atoms with Crippen LogP contribution in [0.25, 0.3) is 0 Å². The molecule has 0 heteroatoms. The predicted molar refractivity (Wildman–Crippen MR) is 66.9 cm³/mol. The van der Waals surface area contributed by atoms with Crippen LogP contribution in [0.5, 0.6) is 0 Å². The molecule has 0 aromatic heterocycles. The summed E-state index contributed by atoms with van der Waals surface area (Å²) in [5.41, 5.74) is 0. The molecule has 0 aromatic rings. The number of hydrogen-bond acceptors (Lipinski definition) is 0. The average molecular weight is 208 g/mol. The van der Waals surface area contributed by atoms with Crippen LogP contribution in [0.15, 0.2) is 0 Å². The minimum Gasteiger partial charge on any atom is -0.0654 e. The van der Waals surface area contributed by atoms with Crippen molar-refractivity contribution in [3.05, 3.63) is 0 Å². The first-order valence-electron chi connectivity index (χ1n) is 7.36. The lowest BCUT2D eigenvalue weighted by atomic mass is 9.75. The van der Waals surface area contributed by atoms with Gasteiger partial charge in [-0.15, -0.1) is 0 Å². The summed E-state index contributed by atoms with van der Waals surface area (Å²) in [4.78, 5) is 0. The highest BCUT2D eigenvalue weighted by molar-refractivity contribution is 4.95. The van der Waals surface area contributed by atoms with E-state index in [2.05, 4.69) is 13.8 Å². The SMILES string of the molecule is CCCCC[C@H]1[C@@H]2CC[C@@H](C2)[C@H]1CCC. The van der Waals surface area contributed by atoms with Crippen molar-refractivity contribution in [1.82, 2.24) is 0 Å². The zero-order valence-electron chi connectivity index (χ0n) is 10.7. The van der Waals surface area contributed by atoms with Crippen molar-refractivity contribution in [3.8, 4) is 0 Å². The van der Waals surface area contributed by atoms with Crippen LogP contribution in [0.4, 0.5) is 0 Å². The number of unbranched alkanes of at least 4 members (excludes halogenated alkanes) is 2. The summed E-state index contributed by atoms with van der Waals surface area (Å²) in [6.07, 6.45) is 13.6. The smallest absolute Gasteiger partial charge is 0.0355 e. The van der Waals surface area contributed by atoms with Crippen molar-refractivity contribution in [2.24, 2.45) is 23.7 Å². The van der Waals surface area contributed by atoms with Crippen molar-refractivity contribution in [1.29, 1.82) is 0 Å². The minimum atomic E-state index is 1.13. The molecular weight excluding hydrogens is 180 g/mol. The topological polar surface area (TPSA) is 0 Å². The Morgan fingerprint density at radius 3 is 2.07 bits per heavy atom. The fourth-order valence-electron chi connectivity index (χ4n) is 4.39. The van der Waals surface area contributed by atoms with Crippen molar-refractivity contribution in [3.63, 3.8) is 0 Å². The highest BCUT2D eigenvalue weighted by atomic mass is 14.5. The molecule has 2 aliphatic carbocycles. The Morgan fingerprint density at radius 1 is 0.800 bits per heavy atom. The molecule has 0 heterocycles. The molecule has 0 radical (unpaired) electrons. The molecule has 2 rings (SSSR count). The Kier molecular flexibility index (Phi) is 4.11. The van der Waals surface area contributed by atoms with Crippen molar-refractivity contribution in [2.75, 3.05) is 0 Å². The Labute approximate surface area is 95.8 Å². The van der Waals surface area contributed by atoms with Gasteiger partial charge in [0, 0.05) is 0 Å². The normalized spacial score (nSPS) is 38.8. The molecular formula is C15H28. The summed E-state index contributed by atoms with van der Waals surface area (Å²) < 4.78 is 0. The van der Waals surface area contributed by atoms with Gasteiger partial charge >= 0.3 is 0 Å². The third-order valence-corrected chi connectivity index (χ3v) is 5.04. The van der Waals surface area contributed by atoms with Gasteiger partial charge < -0.3 is 0 Å². The lowest BCUT2D eigenvalue weighted by Gasteiger charge is -2.31. The van der Waals surface area contributed by atoms with Crippen LogP contribution in [-0.4, -0.2) is 0 Å². The summed E-state index contributed by atoms with van der Waals surface area (Å²) in [5, 5.41) is 0. The second kappa shape index (κ2) is 5.37. The van der Waals surface area contributed by atoms with Gasteiger partial charge in [-0.3, -0.25) is 0 Å². The Bertz CT molecular complexity index is 184. The van der Waals surface area contributed by atoms with Crippen molar-refractivity contribution in [2.45, 2.75) is 71.6 Å². The first-order chi connectivity index (χ1) is 7.36. The van der Waals surface area contributed by atoms with E-state index in [9.17, 15) is 0 Å². The summed E-state index contributed by atoms with van der Waals surface area (Å²) in [6.45, 7) is 4.69. The fraction of sp³-hybridized carbons (Fsp3) is 1.00. The van der Waals surface area contributed by atoms with Crippen LogP contribution >= 0.6 is 0 Å². The third kappa shape index (κ3) is 2.40. The van der Waals surface area contributed by atoms with Crippen LogP contribution in [0.3, 0.4) is 0 Å². The second-order valence-corrected chi connectivity index (χ2v) is 5.95. The zero-order valence-corrected chi connectivity index (χ0v) is 10.7. The highest BCUT2D eigenvalue weighted by Crippen LogP contribution is 2.55. The van der Waals surface area contributed by atoms with E-state index >= 15 is 0 Å². The van der Waals surface area contributed by atoms with Crippen LogP contribution in [0.1, 0.15) is 71.6 Å². The van der Waals surface area contributed by atoms with E-state index in [-0.39, 0.29) is 0 Å². The van der Waals surface area contributed by atoms with Gasteiger partial charge in [0.05, 0.1) is 0 Å². The van der Waals surface area contributed by atoms with E-state index in [4.69, 9.17) is 0 Å². The molecule has 2 saturated carbocycles. The number of rotatable bonds is 6. The Hall–Kier alpha value is 0. The van der Waals surface area contributed by atoms with Gasteiger partial charge in [0.15, 0.2) is 0 Å². The molecule has 0 nitrogen and oxygen atoms in total. The summed E-state index contributed by atoms with van der Waals surface area (Å²) in [6, 6.07) is 0. The lowest BCUT2D eigenvalue weighted by Crippen LogP contribution is -2.22. The molecule has 2 bridgehead atoms. The standard InChI is InChI=1S/C15H28/c1-3-5-6-8-15-13-10-9-12(11-13)14(15)7-4-2/h12-15H,3-11H2,1-2H3/t12-,13+,14+,15-/m0/s1. The van der Waals surface area contributed by atoms with Crippen LogP contribution in [-0.2, 0) is 0 Å². The lowest BCUT2D eigenvalue weighted by molar-refractivity contribution is 0.191. The summed E-state index contributed by atoms with van der Waals surface area (Å²) in [7, 11) is 0. The molecule has 88 valence electrons. The van der Waals surface area contributed by atoms with Crippen LogP contribution < -0.4 is 0 Å². The zero-order chi connectivity index (χ0) is 10.7.